The minimum atomic E-state index is -2.59. The zero-order valence-corrected chi connectivity index (χ0v) is 21.9. The van der Waals surface area contributed by atoms with E-state index in [1.807, 2.05) is 48.2 Å². The largest absolute Gasteiger partial charge is 0.385 e. The smallest absolute Gasteiger partial charge is 0.260 e. The van der Waals surface area contributed by atoms with Crippen molar-refractivity contribution in [2.24, 2.45) is 5.92 Å². The van der Waals surface area contributed by atoms with Crippen LogP contribution in [0.25, 0.3) is 0 Å². The lowest BCUT2D eigenvalue weighted by atomic mass is 10.1. The Labute approximate surface area is 221 Å². The number of halogens is 2. The van der Waals surface area contributed by atoms with Crippen molar-refractivity contribution < 1.29 is 18.4 Å². The maximum Gasteiger partial charge on any atom is 0.260 e. The van der Waals surface area contributed by atoms with Crippen molar-refractivity contribution in [3.63, 3.8) is 0 Å². The molecule has 3 atom stereocenters. The van der Waals surface area contributed by atoms with E-state index in [-0.39, 0.29) is 42.5 Å². The highest BCUT2D eigenvalue weighted by Crippen LogP contribution is 2.37. The van der Waals surface area contributed by atoms with Crippen LogP contribution in [0.2, 0.25) is 0 Å². The molecule has 3 rings (SSSR count). The fourth-order valence-electron chi connectivity index (χ4n) is 4.76. The van der Waals surface area contributed by atoms with Gasteiger partial charge in [0.2, 0.25) is 11.8 Å². The van der Waals surface area contributed by atoms with Gasteiger partial charge in [0.1, 0.15) is 12.5 Å². The number of alkyl halides is 2. The van der Waals surface area contributed by atoms with E-state index in [9.17, 15) is 23.6 Å². The van der Waals surface area contributed by atoms with E-state index < -0.39 is 17.7 Å². The van der Waals surface area contributed by atoms with E-state index >= 15 is 0 Å². The van der Waals surface area contributed by atoms with Gasteiger partial charge in [-0.15, -0.1) is 11.8 Å². The number of nitrogens with zero attached hydrogens (tertiary/aromatic N) is 4. The van der Waals surface area contributed by atoms with Crippen LogP contribution < -0.4 is 10.6 Å². The molecule has 0 radical (unpaired) electrons. The molecule has 37 heavy (non-hydrogen) atoms. The average Bonchev–Trinajstić information content (AvgIpc) is 3.18. The number of benzene rings is 1. The molecule has 8 nitrogen and oxygen atoms in total. The van der Waals surface area contributed by atoms with Crippen molar-refractivity contribution in [1.82, 2.24) is 15.1 Å². The van der Waals surface area contributed by atoms with Gasteiger partial charge < -0.3 is 15.5 Å². The summed E-state index contributed by atoms with van der Waals surface area (Å²) in [4.78, 5) is 28.6. The Morgan fingerprint density at radius 1 is 1.35 bits per heavy atom. The molecule has 0 aliphatic carbocycles. The summed E-state index contributed by atoms with van der Waals surface area (Å²) in [6, 6.07) is 11.7. The molecule has 2 heterocycles. The summed E-state index contributed by atoms with van der Waals surface area (Å²) in [5, 5.41) is 23.3. The van der Waals surface area contributed by atoms with Crippen LogP contribution in [-0.4, -0.2) is 77.4 Å². The first kappa shape index (κ1) is 28.7. The van der Waals surface area contributed by atoms with Crippen LogP contribution in [-0.2, 0) is 16.0 Å². The molecule has 2 fully saturated rings. The SMILES string of the molecule is CCN1C(=O)C(CCNc2cccc(CCN3CCCC(F)(F)C3)c2)SC1CC(C#N)C(=O)NCC#N. The maximum absolute atomic E-state index is 13.6. The molecule has 2 aliphatic rings. The Balaban J connectivity index is 1.48. The van der Waals surface area contributed by atoms with Gasteiger partial charge in [-0.3, -0.25) is 14.5 Å². The molecular weight excluding hydrogens is 498 g/mol. The lowest BCUT2D eigenvalue weighted by Crippen LogP contribution is -2.43. The van der Waals surface area contributed by atoms with Crippen molar-refractivity contribution in [3.05, 3.63) is 29.8 Å². The fourth-order valence-corrected chi connectivity index (χ4v) is 6.35. The number of carbonyl (C=O) groups is 2. The molecular formula is C26H34F2N6O2S. The van der Waals surface area contributed by atoms with Crippen molar-refractivity contribution >= 4 is 29.3 Å². The number of hydrogen-bond acceptors (Lipinski definition) is 7. The second kappa shape index (κ2) is 13.6. The Morgan fingerprint density at radius 3 is 2.86 bits per heavy atom. The summed E-state index contributed by atoms with van der Waals surface area (Å²) in [5.41, 5.74) is 1.99. The van der Waals surface area contributed by atoms with Gasteiger partial charge in [-0.25, -0.2) is 8.78 Å². The van der Waals surface area contributed by atoms with E-state index in [1.165, 1.54) is 11.8 Å². The Kier molecular flexibility index (Phi) is 10.5. The molecule has 0 saturated carbocycles. The van der Waals surface area contributed by atoms with Crippen LogP contribution in [0.1, 0.15) is 38.2 Å². The molecule has 0 bridgehead atoms. The maximum atomic E-state index is 13.6. The Morgan fingerprint density at radius 2 is 2.16 bits per heavy atom. The summed E-state index contributed by atoms with van der Waals surface area (Å²) >= 11 is 1.47. The lowest BCUT2D eigenvalue weighted by molar-refractivity contribution is -0.131. The molecule has 2 aliphatic heterocycles. The molecule has 0 aromatic heterocycles. The normalized spacial score (nSPS) is 22.2. The van der Waals surface area contributed by atoms with Gasteiger partial charge in [-0.1, -0.05) is 12.1 Å². The molecule has 1 aromatic rings. The minimum absolute atomic E-state index is 0.000469. The third-order valence-electron chi connectivity index (χ3n) is 6.67. The third-order valence-corrected chi connectivity index (χ3v) is 8.20. The topological polar surface area (TPSA) is 112 Å². The number of nitrogens with one attached hydrogen (secondary N) is 2. The molecule has 3 unspecified atom stereocenters. The van der Waals surface area contributed by atoms with Gasteiger partial charge >= 0.3 is 0 Å². The summed E-state index contributed by atoms with van der Waals surface area (Å²) < 4.78 is 27.3. The molecule has 1 aromatic carbocycles. The number of anilines is 1. The van der Waals surface area contributed by atoms with E-state index in [0.29, 0.717) is 45.4 Å². The van der Waals surface area contributed by atoms with Gasteiger partial charge in [0.25, 0.3) is 5.92 Å². The van der Waals surface area contributed by atoms with E-state index in [0.717, 1.165) is 11.3 Å². The highest BCUT2D eigenvalue weighted by atomic mass is 32.2. The van der Waals surface area contributed by atoms with Crippen molar-refractivity contribution in [3.8, 4) is 12.1 Å². The first-order chi connectivity index (χ1) is 17.8. The van der Waals surface area contributed by atoms with Crippen LogP contribution in [0, 0.1) is 28.6 Å². The molecule has 2 amide bonds. The fraction of sp³-hybridized carbons (Fsp3) is 0.615. The molecule has 200 valence electrons. The monoisotopic (exact) mass is 532 g/mol. The van der Waals surface area contributed by atoms with Crippen molar-refractivity contribution in [2.75, 3.05) is 44.6 Å². The molecule has 2 saturated heterocycles. The van der Waals surface area contributed by atoms with Crippen molar-refractivity contribution in [1.29, 1.82) is 10.5 Å². The van der Waals surface area contributed by atoms with Crippen LogP contribution >= 0.6 is 11.8 Å². The van der Waals surface area contributed by atoms with Crippen LogP contribution in [0.4, 0.5) is 14.5 Å². The Hall–Kier alpha value is -2.89. The summed E-state index contributed by atoms with van der Waals surface area (Å²) in [5.74, 6) is -4.01. The molecule has 0 spiro atoms. The number of amides is 2. The van der Waals surface area contributed by atoms with Crippen molar-refractivity contribution in [2.45, 2.75) is 55.6 Å². The molecule has 11 heteroatoms. The highest BCUT2D eigenvalue weighted by Gasteiger charge is 2.41. The number of hydrogen-bond donors (Lipinski definition) is 2. The third kappa shape index (κ3) is 8.31. The van der Waals surface area contributed by atoms with Gasteiger partial charge in [0.05, 0.1) is 29.3 Å². The van der Waals surface area contributed by atoms with E-state index in [1.54, 1.807) is 4.90 Å². The zero-order chi connectivity index (χ0) is 26.8. The summed E-state index contributed by atoms with van der Waals surface area (Å²) in [6.45, 7) is 3.90. The van der Waals surface area contributed by atoms with Crippen LogP contribution in [0.5, 0.6) is 0 Å². The second-order valence-electron chi connectivity index (χ2n) is 9.40. The Bertz CT molecular complexity index is 1030. The zero-order valence-electron chi connectivity index (χ0n) is 21.1. The second-order valence-corrected chi connectivity index (χ2v) is 10.8. The van der Waals surface area contributed by atoms with Gasteiger partial charge in [0, 0.05) is 38.2 Å². The predicted octanol–water partition coefficient (Wildman–Crippen LogP) is 3.22. The number of carbonyl (C=O) groups excluding carboxylic acids is 2. The first-order valence-corrected chi connectivity index (χ1v) is 13.6. The average molecular weight is 533 g/mol. The quantitative estimate of drug-likeness (QED) is 0.398. The van der Waals surface area contributed by atoms with Gasteiger partial charge in [-0.2, -0.15) is 10.5 Å². The van der Waals surface area contributed by atoms with Crippen LogP contribution in [0.15, 0.2) is 24.3 Å². The number of thioether (sulfide) groups is 1. The first-order valence-electron chi connectivity index (χ1n) is 12.7. The number of piperidine rings is 1. The summed E-state index contributed by atoms with van der Waals surface area (Å²) in [6.07, 6.45) is 1.98. The number of rotatable bonds is 12. The van der Waals surface area contributed by atoms with E-state index in [4.69, 9.17) is 5.26 Å². The van der Waals surface area contributed by atoms with Crippen LogP contribution in [0.3, 0.4) is 0 Å². The predicted molar refractivity (Wildman–Crippen MR) is 139 cm³/mol. The standard InChI is InChI=1S/C26H34F2N6O2S/c1-2-34-23(16-20(17-30)24(35)32-12-10-29)37-22(25(34)36)7-11-31-21-6-3-5-19(15-21)8-14-33-13-4-9-26(27,28)18-33/h3,5-6,15,20,22-23,31H,2,4,7-9,11-14,16,18H2,1H3,(H,32,35). The van der Waals surface area contributed by atoms with Gasteiger partial charge in [0.15, 0.2) is 0 Å². The number of likely N-dealkylation sites (tertiary alicyclic amines) is 1. The number of nitriles is 2. The van der Waals surface area contributed by atoms with Gasteiger partial charge in [-0.05, 0) is 50.4 Å². The lowest BCUT2D eigenvalue weighted by Gasteiger charge is -2.32. The molecule has 2 N–H and O–H groups in total. The highest BCUT2D eigenvalue weighted by molar-refractivity contribution is 8.01. The minimum Gasteiger partial charge on any atom is -0.385 e. The van der Waals surface area contributed by atoms with E-state index in [2.05, 4.69) is 10.6 Å². The summed E-state index contributed by atoms with van der Waals surface area (Å²) in [7, 11) is 0.